The summed E-state index contributed by atoms with van der Waals surface area (Å²) in [6.07, 6.45) is 0. The fraction of sp³-hybridized carbons (Fsp3) is 0.200. The smallest absolute Gasteiger partial charge is 0.323 e. The lowest BCUT2D eigenvalue weighted by Gasteiger charge is -2.14. The number of nitrogens with zero attached hydrogens (tertiary/aromatic N) is 1. The van der Waals surface area contributed by atoms with E-state index in [9.17, 15) is 9.59 Å². The van der Waals surface area contributed by atoms with Crippen LogP contribution in [-0.2, 0) is 4.79 Å². The van der Waals surface area contributed by atoms with Gasteiger partial charge in [0.25, 0.3) is 5.91 Å². The summed E-state index contributed by atoms with van der Waals surface area (Å²) >= 11 is 3.21. The van der Waals surface area contributed by atoms with Crippen LogP contribution >= 0.6 is 15.9 Å². The minimum atomic E-state index is -1.05. The molecule has 0 aliphatic rings. The van der Waals surface area contributed by atoms with Crippen LogP contribution in [0, 0.1) is 0 Å². The molecule has 0 bridgehead atoms. The van der Waals surface area contributed by atoms with Crippen LogP contribution in [0.3, 0.4) is 0 Å². The lowest BCUT2D eigenvalue weighted by Crippen LogP contribution is -2.31. The van der Waals surface area contributed by atoms with E-state index >= 15 is 0 Å². The van der Waals surface area contributed by atoms with E-state index in [1.54, 1.807) is 12.1 Å². The molecule has 3 N–H and O–H groups in total. The summed E-state index contributed by atoms with van der Waals surface area (Å²) in [6.45, 7) is -0.338. The molecule has 0 fully saturated rings. The van der Waals surface area contributed by atoms with Crippen LogP contribution in [0.1, 0.15) is 10.4 Å². The highest BCUT2D eigenvalue weighted by Gasteiger charge is 2.14. The number of hydrogen-bond donors (Lipinski definition) is 2. The van der Waals surface area contributed by atoms with E-state index in [1.807, 2.05) is 0 Å². The third-order valence-electron chi connectivity index (χ3n) is 1.96. The van der Waals surface area contributed by atoms with Crippen LogP contribution in [0.4, 0.5) is 5.69 Å². The molecule has 16 heavy (non-hydrogen) atoms. The van der Waals surface area contributed by atoms with Crippen molar-refractivity contribution in [1.82, 2.24) is 4.90 Å². The summed E-state index contributed by atoms with van der Waals surface area (Å²) in [5, 5.41) is 8.55. The van der Waals surface area contributed by atoms with Gasteiger partial charge in [-0.25, -0.2) is 0 Å². The molecule has 0 aliphatic carbocycles. The summed E-state index contributed by atoms with van der Waals surface area (Å²) in [4.78, 5) is 23.3. The number of carbonyl (C=O) groups excluding carboxylic acids is 1. The predicted octanol–water partition coefficient (Wildman–Crippen LogP) is 1.19. The van der Waals surface area contributed by atoms with Gasteiger partial charge in [-0.3, -0.25) is 9.59 Å². The number of halogens is 1. The average molecular weight is 287 g/mol. The molecule has 0 unspecified atom stereocenters. The van der Waals surface area contributed by atoms with Crippen LogP contribution < -0.4 is 5.73 Å². The first kappa shape index (κ1) is 12.5. The maximum Gasteiger partial charge on any atom is 0.323 e. The molecule has 6 heteroatoms. The van der Waals surface area contributed by atoms with E-state index in [2.05, 4.69) is 15.9 Å². The topological polar surface area (TPSA) is 83.6 Å². The monoisotopic (exact) mass is 286 g/mol. The SMILES string of the molecule is CN(CC(=O)O)C(=O)c1ccc(Br)c(N)c1. The fourth-order valence-electron chi connectivity index (χ4n) is 1.17. The third-order valence-corrected chi connectivity index (χ3v) is 2.68. The van der Waals surface area contributed by atoms with Crippen molar-refractivity contribution in [3.05, 3.63) is 28.2 Å². The number of carbonyl (C=O) groups is 2. The molecule has 5 nitrogen and oxygen atoms in total. The summed E-state index contributed by atoms with van der Waals surface area (Å²) < 4.78 is 0.699. The van der Waals surface area contributed by atoms with Crippen LogP contribution in [0.2, 0.25) is 0 Å². The molecule has 1 aromatic carbocycles. The maximum absolute atomic E-state index is 11.7. The van der Waals surface area contributed by atoms with E-state index in [0.29, 0.717) is 15.7 Å². The zero-order valence-corrected chi connectivity index (χ0v) is 10.2. The van der Waals surface area contributed by atoms with Crippen molar-refractivity contribution < 1.29 is 14.7 Å². The lowest BCUT2D eigenvalue weighted by atomic mass is 10.2. The Balaban J connectivity index is 2.88. The molecule has 1 amide bonds. The van der Waals surface area contributed by atoms with Crippen LogP contribution in [-0.4, -0.2) is 35.5 Å². The van der Waals surface area contributed by atoms with E-state index in [-0.39, 0.29) is 12.5 Å². The molecule has 0 spiro atoms. The summed E-state index contributed by atoms with van der Waals surface area (Å²) in [5.74, 6) is -1.43. The van der Waals surface area contributed by atoms with Gasteiger partial charge < -0.3 is 15.7 Å². The molecule has 0 aliphatic heterocycles. The van der Waals surface area contributed by atoms with E-state index < -0.39 is 5.97 Å². The molecule has 86 valence electrons. The van der Waals surface area contributed by atoms with Gasteiger partial charge in [0.1, 0.15) is 6.54 Å². The number of likely N-dealkylation sites (N-methyl/N-ethyl adjacent to an activating group) is 1. The number of benzene rings is 1. The van der Waals surface area contributed by atoms with Gasteiger partial charge in [0.15, 0.2) is 0 Å². The first-order valence-electron chi connectivity index (χ1n) is 4.44. The van der Waals surface area contributed by atoms with Gasteiger partial charge in [-0.15, -0.1) is 0 Å². The Labute approximate surface area is 101 Å². The number of carboxylic acid groups (broad SMARTS) is 1. The number of nitrogens with two attached hydrogens (primary N) is 1. The number of aliphatic carboxylic acids is 1. The number of anilines is 1. The highest BCUT2D eigenvalue weighted by atomic mass is 79.9. The van der Waals surface area contributed by atoms with Gasteiger partial charge in [0, 0.05) is 22.8 Å². The van der Waals surface area contributed by atoms with E-state index in [1.165, 1.54) is 13.1 Å². The zero-order chi connectivity index (χ0) is 12.3. The van der Waals surface area contributed by atoms with Gasteiger partial charge in [0.2, 0.25) is 0 Å². The quantitative estimate of drug-likeness (QED) is 0.818. The highest BCUT2D eigenvalue weighted by molar-refractivity contribution is 9.10. The Morgan fingerprint density at radius 3 is 2.62 bits per heavy atom. The Morgan fingerprint density at radius 2 is 2.12 bits per heavy atom. The molecule has 1 rings (SSSR count). The number of hydrogen-bond acceptors (Lipinski definition) is 3. The van der Waals surface area contributed by atoms with Crippen molar-refractivity contribution in [1.29, 1.82) is 0 Å². The second kappa shape index (κ2) is 4.98. The summed E-state index contributed by atoms with van der Waals surface area (Å²) in [6, 6.07) is 4.74. The van der Waals surface area contributed by atoms with Crippen LogP contribution in [0.25, 0.3) is 0 Å². The van der Waals surface area contributed by atoms with Crippen molar-refractivity contribution in [2.45, 2.75) is 0 Å². The van der Waals surface area contributed by atoms with E-state index in [0.717, 1.165) is 4.90 Å². The van der Waals surface area contributed by atoms with Gasteiger partial charge in [-0.05, 0) is 34.1 Å². The molecular weight excluding hydrogens is 276 g/mol. The minimum absolute atomic E-state index is 0.338. The Hall–Kier alpha value is -1.56. The molecule has 0 atom stereocenters. The third kappa shape index (κ3) is 2.96. The van der Waals surface area contributed by atoms with Crippen molar-refractivity contribution in [2.24, 2.45) is 0 Å². The molecule has 0 radical (unpaired) electrons. The highest BCUT2D eigenvalue weighted by Crippen LogP contribution is 2.20. The van der Waals surface area contributed by atoms with Gasteiger partial charge in [-0.2, -0.15) is 0 Å². The summed E-state index contributed by atoms with van der Waals surface area (Å²) in [7, 11) is 1.43. The first-order valence-corrected chi connectivity index (χ1v) is 5.23. The van der Waals surface area contributed by atoms with Crippen LogP contribution in [0.5, 0.6) is 0 Å². The molecular formula is C10H11BrN2O3. The maximum atomic E-state index is 11.7. The minimum Gasteiger partial charge on any atom is -0.480 e. The summed E-state index contributed by atoms with van der Waals surface area (Å²) in [5.41, 5.74) is 6.43. The van der Waals surface area contributed by atoms with Crippen molar-refractivity contribution in [3.63, 3.8) is 0 Å². The van der Waals surface area contributed by atoms with Gasteiger partial charge >= 0.3 is 5.97 Å². The lowest BCUT2D eigenvalue weighted by molar-refractivity contribution is -0.137. The molecule has 1 aromatic rings. The average Bonchev–Trinajstić information content (AvgIpc) is 2.20. The number of nitrogen functional groups attached to an aromatic ring is 1. The van der Waals surface area contributed by atoms with Crippen molar-refractivity contribution in [2.75, 3.05) is 19.3 Å². The standard InChI is InChI=1S/C10H11BrN2O3/c1-13(5-9(14)15)10(16)6-2-3-7(11)8(12)4-6/h2-4H,5,12H2,1H3,(H,14,15). The molecule has 0 heterocycles. The fourth-order valence-corrected chi connectivity index (χ4v) is 1.42. The second-order valence-electron chi connectivity index (χ2n) is 3.29. The Morgan fingerprint density at radius 1 is 1.50 bits per heavy atom. The Kier molecular flexibility index (Phi) is 3.89. The zero-order valence-electron chi connectivity index (χ0n) is 8.61. The predicted molar refractivity (Wildman–Crippen MR) is 63.2 cm³/mol. The molecule has 0 saturated heterocycles. The number of amides is 1. The van der Waals surface area contributed by atoms with Crippen LogP contribution in [0.15, 0.2) is 22.7 Å². The van der Waals surface area contributed by atoms with Crippen molar-refractivity contribution >= 4 is 33.5 Å². The number of carboxylic acids is 1. The second-order valence-corrected chi connectivity index (χ2v) is 4.15. The molecule has 0 aromatic heterocycles. The van der Waals surface area contributed by atoms with E-state index in [4.69, 9.17) is 10.8 Å². The Bertz CT molecular complexity index is 434. The largest absolute Gasteiger partial charge is 0.480 e. The first-order chi connectivity index (χ1) is 7.41. The molecule has 0 saturated carbocycles. The van der Waals surface area contributed by atoms with Crippen molar-refractivity contribution in [3.8, 4) is 0 Å². The number of rotatable bonds is 3. The normalized spacial score (nSPS) is 9.88. The van der Waals surface area contributed by atoms with Gasteiger partial charge in [0.05, 0.1) is 0 Å². The van der Waals surface area contributed by atoms with Gasteiger partial charge in [-0.1, -0.05) is 0 Å².